The number of carbonyl (C=O) groups excluding carboxylic acids is 1. The Morgan fingerprint density at radius 1 is 1.18 bits per heavy atom. The van der Waals surface area contributed by atoms with Gasteiger partial charge in [-0.3, -0.25) is 14.9 Å². The van der Waals surface area contributed by atoms with Gasteiger partial charge in [-0.25, -0.2) is 4.68 Å². The molecule has 10 nitrogen and oxygen atoms in total. The van der Waals surface area contributed by atoms with Crippen molar-refractivity contribution in [2.75, 3.05) is 10.6 Å². The number of aromatic hydroxyl groups is 1. The van der Waals surface area contributed by atoms with Crippen LogP contribution >= 0.6 is 23.4 Å². The first-order valence-electron chi connectivity index (χ1n) is 11.5. The number of amides is 1. The van der Waals surface area contributed by atoms with Crippen molar-refractivity contribution in [3.8, 4) is 5.75 Å². The topological polar surface area (TPSA) is 135 Å². The second-order valence-electron chi connectivity index (χ2n) is 8.43. The van der Waals surface area contributed by atoms with E-state index in [0.717, 1.165) is 5.56 Å². The molecule has 2 heterocycles. The zero-order valence-corrected chi connectivity index (χ0v) is 21.5. The number of phenolic OH excluding ortho intramolecular Hbond substituents is 1. The van der Waals surface area contributed by atoms with Crippen LogP contribution in [0.25, 0.3) is 0 Å². The number of aromatic nitrogens is 3. The number of rotatable bonds is 7. The monoisotopic (exact) mass is 548 g/mol. The highest BCUT2D eigenvalue weighted by atomic mass is 35.5. The van der Waals surface area contributed by atoms with E-state index >= 15 is 0 Å². The van der Waals surface area contributed by atoms with Crippen molar-refractivity contribution in [3.05, 3.63) is 110 Å². The molecule has 3 N–H and O–H groups in total. The van der Waals surface area contributed by atoms with Gasteiger partial charge in [-0.2, -0.15) is 4.98 Å². The van der Waals surface area contributed by atoms with Crippen molar-refractivity contribution in [2.24, 2.45) is 0 Å². The summed E-state index contributed by atoms with van der Waals surface area (Å²) in [5.74, 6) is 0.0136. The molecule has 1 aliphatic heterocycles. The number of nitro benzene ring substituents is 1. The van der Waals surface area contributed by atoms with Crippen LogP contribution in [0.15, 0.2) is 89.2 Å². The Kier molecular flexibility index (Phi) is 7.03. The Balaban J connectivity index is 1.55. The first-order chi connectivity index (χ1) is 18.3. The van der Waals surface area contributed by atoms with Gasteiger partial charge in [0, 0.05) is 28.2 Å². The van der Waals surface area contributed by atoms with Gasteiger partial charge in [-0.15, -0.1) is 5.10 Å². The number of para-hydroxylation sites is 1. The minimum atomic E-state index is -0.851. The Hall–Kier alpha value is -4.35. The lowest BCUT2D eigenvalue weighted by Gasteiger charge is -2.28. The number of fused-ring (bicyclic) bond motifs is 1. The van der Waals surface area contributed by atoms with Gasteiger partial charge in [0.1, 0.15) is 6.04 Å². The molecule has 0 saturated heterocycles. The van der Waals surface area contributed by atoms with Crippen LogP contribution < -0.4 is 10.6 Å². The zero-order valence-electron chi connectivity index (χ0n) is 20.0. The first-order valence-corrected chi connectivity index (χ1v) is 12.8. The molecule has 0 bridgehead atoms. The highest BCUT2D eigenvalue weighted by Crippen LogP contribution is 2.39. The number of thioether (sulfide) groups is 1. The van der Waals surface area contributed by atoms with E-state index in [9.17, 15) is 20.0 Å². The molecule has 1 amide bonds. The Bertz CT molecular complexity index is 1570. The molecule has 4 aromatic rings. The van der Waals surface area contributed by atoms with E-state index in [1.165, 1.54) is 34.6 Å². The summed E-state index contributed by atoms with van der Waals surface area (Å²) >= 11 is 7.66. The fourth-order valence-corrected chi connectivity index (χ4v) is 5.24. The summed E-state index contributed by atoms with van der Waals surface area (Å²) in [5, 5.41) is 33.3. The number of nitro groups is 1. The van der Waals surface area contributed by atoms with E-state index in [0.29, 0.717) is 44.4 Å². The van der Waals surface area contributed by atoms with Gasteiger partial charge in [-0.1, -0.05) is 65.8 Å². The molecule has 192 valence electrons. The van der Waals surface area contributed by atoms with Gasteiger partial charge in [0.05, 0.1) is 10.5 Å². The lowest BCUT2D eigenvalue weighted by molar-refractivity contribution is -0.385. The van der Waals surface area contributed by atoms with E-state index in [1.807, 2.05) is 30.3 Å². The summed E-state index contributed by atoms with van der Waals surface area (Å²) in [6, 6.07) is 19.6. The summed E-state index contributed by atoms with van der Waals surface area (Å²) in [4.78, 5) is 29.0. The van der Waals surface area contributed by atoms with Crippen LogP contribution in [0.4, 0.5) is 17.3 Å². The van der Waals surface area contributed by atoms with Crippen LogP contribution in [0.2, 0.25) is 5.02 Å². The minimum absolute atomic E-state index is 0.300. The Morgan fingerprint density at radius 3 is 2.66 bits per heavy atom. The lowest BCUT2D eigenvalue weighted by atomic mass is 9.94. The zero-order chi connectivity index (χ0) is 26.8. The third-order valence-electron chi connectivity index (χ3n) is 5.94. The van der Waals surface area contributed by atoms with E-state index in [1.54, 1.807) is 31.2 Å². The molecule has 38 heavy (non-hydrogen) atoms. The maximum absolute atomic E-state index is 13.5. The third-order valence-corrected chi connectivity index (χ3v) is 7.19. The summed E-state index contributed by atoms with van der Waals surface area (Å²) in [6.07, 6.45) is 0. The average Bonchev–Trinajstić information content (AvgIpc) is 3.30. The maximum atomic E-state index is 13.5. The highest BCUT2D eigenvalue weighted by molar-refractivity contribution is 7.98. The molecule has 0 fully saturated rings. The number of benzene rings is 3. The summed E-state index contributed by atoms with van der Waals surface area (Å²) in [5.41, 5.74) is 2.24. The predicted octanol–water partition coefficient (Wildman–Crippen LogP) is 5.77. The number of hydrogen-bond donors (Lipinski definition) is 3. The van der Waals surface area contributed by atoms with E-state index < -0.39 is 28.3 Å². The smallest absolute Gasteiger partial charge is 0.311 e. The fraction of sp³-hybridized carbons (Fsp3) is 0.115. The van der Waals surface area contributed by atoms with Crippen molar-refractivity contribution >= 4 is 46.6 Å². The minimum Gasteiger partial charge on any atom is -0.502 e. The van der Waals surface area contributed by atoms with Gasteiger partial charge >= 0.3 is 5.69 Å². The molecule has 1 aromatic heterocycles. The molecular weight excluding hydrogens is 528 g/mol. The Labute approximate surface area is 226 Å². The number of anilines is 2. The number of phenols is 1. The number of carbonyl (C=O) groups is 1. The molecule has 1 unspecified atom stereocenters. The van der Waals surface area contributed by atoms with Crippen LogP contribution in [0.1, 0.15) is 24.1 Å². The normalized spacial score (nSPS) is 14.5. The Morgan fingerprint density at radius 2 is 1.92 bits per heavy atom. The summed E-state index contributed by atoms with van der Waals surface area (Å²) in [7, 11) is 0. The molecule has 0 radical (unpaired) electrons. The number of hydrogen-bond acceptors (Lipinski definition) is 8. The molecule has 0 aliphatic carbocycles. The maximum Gasteiger partial charge on any atom is 0.311 e. The molecule has 12 heteroatoms. The van der Waals surface area contributed by atoms with Crippen molar-refractivity contribution in [1.29, 1.82) is 0 Å². The molecule has 1 atom stereocenters. The van der Waals surface area contributed by atoms with Gasteiger partial charge in [0.15, 0.2) is 5.75 Å². The molecule has 1 aliphatic rings. The van der Waals surface area contributed by atoms with Crippen LogP contribution in [-0.2, 0) is 10.5 Å². The SMILES string of the molecule is CC1=C(C(=O)Nc2ccccc2)C(c2ccc(O)c([N+](=O)[O-])c2)n2nc(SCc3ccccc3Cl)nc2N1. The van der Waals surface area contributed by atoms with E-state index in [2.05, 4.69) is 20.7 Å². The second-order valence-corrected chi connectivity index (χ2v) is 9.78. The number of nitrogens with zero attached hydrogens (tertiary/aromatic N) is 4. The lowest BCUT2D eigenvalue weighted by Crippen LogP contribution is -2.31. The fourth-order valence-electron chi connectivity index (χ4n) is 4.13. The molecule has 0 spiro atoms. The van der Waals surface area contributed by atoms with Crippen LogP contribution in [0, 0.1) is 10.1 Å². The number of halogens is 1. The highest BCUT2D eigenvalue weighted by Gasteiger charge is 2.35. The predicted molar refractivity (Wildman–Crippen MR) is 145 cm³/mol. The van der Waals surface area contributed by atoms with Gasteiger partial charge in [-0.05, 0) is 42.3 Å². The van der Waals surface area contributed by atoms with Crippen LogP contribution in [0.5, 0.6) is 5.75 Å². The third kappa shape index (κ3) is 5.06. The number of allylic oxidation sites excluding steroid dienone is 1. The van der Waals surface area contributed by atoms with Gasteiger partial charge in [0.2, 0.25) is 11.1 Å². The van der Waals surface area contributed by atoms with Gasteiger partial charge in [0.25, 0.3) is 5.91 Å². The average molecular weight is 549 g/mol. The van der Waals surface area contributed by atoms with Crippen molar-refractivity contribution in [1.82, 2.24) is 14.8 Å². The first kappa shape index (κ1) is 25.3. The van der Waals surface area contributed by atoms with Crippen molar-refractivity contribution < 1.29 is 14.8 Å². The molecule has 3 aromatic carbocycles. The standard InChI is InChI=1S/C26H21ClN6O4S/c1-15-22(24(35)29-18-8-3-2-4-9-18)23(16-11-12-21(34)20(13-16)33(36)37)32-25(28-15)30-26(31-32)38-14-17-7-5-6-10-19(17)27/h2-13,23,34H,14H2,1H3,(H,29,35)(H,28,30,31). The quantitative estimate of drug-likeness (QED) is 0.150. The van der Waals surface area contributed by atoms with Crippen LogP contribution in [-0.4, -0.2) is 30.7 Å². The molecule has 0 saturated carbocycles. The molecule has 5 rings (SSSR count). The van der Waals surface area contributed by atoms with Crippen molar-refractivity contribution in [2.45, 2.75) is 23.9 Å². The van der Waals surface area contributed by atoms with Crippen LogP contribution in [0.3, 0.4) is 0 Å². The van der Waals surface area contributed by atoms with Gasteiger partial charge < -0.3 is 15.7 Å². The van der Waals surface area contributed by atoms with E-state index in [4.69, 9.17) is 11.6 Å². The largest absolute Gasteiger partial charge is 0.502 e. The van der Waals surface area contributed by atoms with Crippen molar-refractivity contribution in [3.63, 3.8) is 0 Å². The van der Waals surface area contributed by atoms with E-state index in [-0.39, 0.29) is 0 Å². The second kappa shape index (κ2) is 10.6. The number of nitrogens with one attached hydrogen (secondary N) is 2. The summed E-state index contributed by atoms with van der Waals surface area (Å²) in [6.45, 7) is 1.73. The summed E-state index contributed by atoms with van der Waals surface area (Å²) < 4.78 is 1.53. The molecular formula is C26H21ClN6O4S.